The van der Waals surface area contributed by atoms with E-state index in [1.807, 2.05) is 0 Å². The fraction of sp³-hybridized carbons (Fsp3) is 0.250. The number of aliphatic carboxylic acids is 1. The van der Waals surface area contributed by atoms with Crippen LogP contribution in [0.2, 0.25) is 0 Å². The maximum absolute atomic E-state index is 12.1. The number of nitrogens with one attached hydrogen (secondary N) is 1. The van der Waals surface area contributed by atoms with Crippen LogP contribution in [-0.2, 0) is 10.2 Å². The summed E-state index contributed by atoms with van der Waals surface area (Å²) in [5, 5.41) is 19.6. The molecule has 0 aliphatic heterocycles. The predicted molar refractivity (Wildman–Crippen MR) is 82.3 cm³/mol. The van der Waals surface area contributed by atoms with Gasteiger partial charge >= 0.3 is 5.97 Å². The Labute approximate surface area is 133 Å². The molecule has 0 fully saturated rings. The number of ether oxygens (including phenoxy) is 1. The van der Waals surface area contributed by atoms with Gasteiger partial charge in [-0.3, -0.25) is 9.59 Å². The van der Waals surface area contributed by atoms with Gasteiger partial charge in [0, 0.05) is 12.6 Å². The number of rotatable bonds is 6. The van der Waals surface area contributed by atoms with E-state index in [-0.39, 0.29) is 12.2 Å². The number of nitrogens with zero attached hydrogens (tertiary/aromatic N) is 2. The van der Waals surface area contributed by atoms with Crippen molar-refractivity contribution in [3.05, 3.63) is 53.7 Å². The molecule has 1 aromatic heterocycles. The number of amides is 1. The lowest BCUT2D eigenvalue weighted by atomic mass is 9.82. The number of hydrogen-bond donors (Lipinski definition) is 2. The smallest absolute Gasteiger partial charge is 0.315 e. The number of carboxylic acids is 1. The SMILES string of the molecule is COc1ccc(C(=O)NCC(C)(C(=O)O)c2ccccc2)nn1. The Bertz CT molecular complexity index is 688. The van der Waals surface area contributed by atoms with Crippen LogP contribution in [0.25, 0.3) is 0 Å². The van der Waals surface area contributed by atoms with Crippen molar-refractivity contribution in [2.75, 3.05) is 13.7 Å². The molecule has 0 spiro atoms. The zero-order valence-electron chi connectivity index (χ0n) is 12.8. The summed E-state index contributed by atoms with van der Waals surface area (Å²) in [6, 6.07) is 11.7. The first-order valence-electron chi connectivity index (χ1n) is 6.92. The Morgan fingerprint density at radius 2 is 1.87 bits per heavy atom. The Balaban J connectivity index is 2.12. The van der Waals surface area contributed by atoms with Crippen molar-refractivity contribution in [3.8, 4) is 5.88 Å². The Hall–Kier alpha value is -2.96. The highest BCUT2D eigenvalue weighted by Gasteiger charge is 2.35. The summed E-state index contributed by atoms with van der Waals surface area (Å²) in [6.07, 6.45) is 0. The minimum absolute atomic E-state index is 0.0705. The monoisotopic (exact) mass is 315 g/mol. The molecule has 2 aromatic rings. The van der Waals surface area contributed by atoms with E-state index in [1.165, 1.54) is 19.2 Å². The van der Waals surface area contributed by atoms with Gasteiger partial charge in [0.2, 0.25) is 5.88 Å². The van der Waals surface area contributed by atoms with Crippen molar-refractivity contribution in [2.45, 2.75) is 12.3 Å². The van der Waals surface area contributed by atoms with E-state index in [9.17, 15) is 14.7 Å². The molecular formula is C16H17N3O4. The molecule has 2 rings (SSSR count). The average molecular weight is 315 g/mol. The molecule has 1 amide bonds. The molecular weight excluding hydrogens is 298 g/mol. The molecule has 7 heteroatoms. The summed E-state index contributed by atoms with van der Waals surface area (Å²) in [4.78, 5) is 23.8. The van der Waals surface area contributed by atoms with E-state index >= 15 is 0 Å². The van der Waals surface area contributed by atoms with E-state index in [0.717, 1.165) is 0 Å². The quantitative estimate of drug-likeness (QED) is 0.832. The fourth-order valence-corrected chi connectivity index (χ4v) is 2.00. The van der Waals surface area contributed by atoms with Gasteiger partial charge in [-0.1, -0.05) is 30.3 Å². The number of carbonyl (C=O) groups is 2. The number of carbonyl (C=O) groups excluding carboxylic acids is 1. The van der Waals surface area contributed by atoms with Crippen molar-refractivity contribution in [2.24, 2.45) is 0 Å². The van der Waals surface area contributed by atoms with Gasteiger partial charge in [-0.05, 0) is 18.6 Å². The van der Waals surface area contributed by atoms with Gasteiger partial charge in [0.25, 0.3) is 5.91 Å². The first kappa shape index (κ1) is 16.4. The second kappa shape index (κ2) is 6.87. The average Bonchev–Trinajstić information content (AvgIpc) is 2.60. The lowest BCUT2D eigenvalue weighted by Gasteiger charge is -2.25. The van der Waals surface area contributed by atoms with Crippen LogP contribution < -0.4 is 10.1 Å². The van der Waals surface area contributed by atoms with Crippen LogP contribution in [0.1, 0.15) is 23.0 Å². The van der Waals surface area contributed by atoms with E-state index in [2.05, 4.69) is 15.5 Å². The molecule has 0 radical (unpaired) electrons. The standard InChI is InChI=1S/C16H17N3O4/c1-16(15(21)22,11-6-4-3-5-7-11)10-17-14(20)12-8-9-13(23-2)19-18-12/h3-9H,10H2,1-2H3,(H,17,20)(H,21,22). The maximum Gasteiger partial charge on any atom is 0.315 e. The van der Waals surface area contributed by atoms with Gasteiger partial charge in [0.05, 0.1) is 7.11 Å². The fourth-order valence-electron chi connectivity index (χ4n) is 2.00. The third kappa shape index (κ3) is 3.63. The van der Waals surface area contributed by atoms with Crippen molar-refractivity contribution in [3.63, 3.8) is 0 Å². The van der Waals surface area contributed by atoms with Gasteiger partial charge in [-0.2, -0.15) is 0 Å². The number of methoxy groups -OCH3 is 1. The van der Waals surface area contributed by atoms with E-state index in [4.69, 9.17) is 4.74 Å². The Morgan fingerprint density at radius 3 is 2.39 bits per heavy atom. The highest BCUT2D eigenvalue weighted by atomic mass is 16.5. The normalized spacial score (nSPS) is 13.0. The molecule has 0 bridgehead atoms. The van der Waals surface area contributed by atoms with Crippen molar-refractivity contribution in [1.29, 1.82) is 0 Å². The van der Waals surface area contributed by atoms with Gasteiger partial charge in [0.1, 0.15) is 5.41 Å². The lowest BCUT2D eigenvalue weighted by molar-refractivity contribution is -0.142. The molecule has 0 saturated carbocycles. The zero-order valence-corrected chi connectivity index (χ0v) is 12.8. The van der Waals surface area contributed by atoms with Gasteiger partial charge in [-0.25, -0.2) is 0 Å². The molecule has 2 N–H and O–H groups in total. The number of benzene rings is 1. The Morgan fingerprint density at radius 1 is 1.17 bits per heavy atom. The Kier molecular flexibility index (Phi) is 4.90. The van der Waals surface area contributed by atoms with Crippen molar-refractivity contribution < 1.29 is 19.4 Å². The third-order valence-electron chi connectivity index (χ3n) is 3.57. The van der Waals surface area contributed by atoms with Crippen molar-refractivity contribution >= 4 is 11.9 Å². The molecule has 0 aliphatic rings. The van der Waals surface area contributed by atoms with Crippen LogP contribution in [0.4, 0.5) is 0 Å². The number of aromatic nitrogens is 2. The minimum atomic E-state index is -1.24. The van der Waals surface area contributed by atoms with Crippen LogP contribution in [0.15, 0.2) is 42.5 Å². The molecule has 1 heterocycles. The summed E-state index contributed by atoms with van der Waals surface area (Å²) >= 11 is 0. The summed E-state index contributed by atoms with van der Waals surface area (Å²) < 4.78 is 4.87. The maximum atomic E-state index is 12.1. The molecule has 1 aromatic carbocycles. The summed E-state index contributed by atoms with van der Waals surface area (Å²) in [6.45, 7) is 1.49. The van der Waals surface area contributed by atoms with Gasteiger partial charge < -0.3 is 15.2 Å². The predicted octanol–water partition coefficient (Wildman–Crippen LogP) is 1.26. The molecule has 1 unspecified atom stereocenters. The second-order valence-corrected chi connectivity index (χ2v) is 5.15. The van der Waals surface area contributed by atoms with Crippen LogP contribution in [0.3, 0.4) is 0 Å². The van der Waals surface area contributed by atoms with E-state index in [0.29, 0.717) is 11.4 Å². The third-order valence-corrected chi connectivity index (χ3v) is 3.57. The summed E-state index contributed by atoms with van der Waals surface area (Å²) in [5.74, 6) is -1.23. The highest BCUT2D eigenvalue weighted by Crippen LogP contribution is 2.23. The number of carboxylic acid groups (broad SMARTS) is 1. The topological polar surface area (TPSA) is 101 Å². The van der Waals surface area contributed by atoms with E-state index < -0.39 is 17.3 Å². The largest absolute Gasteiger partial charge is 0.481 e. The molecule has 23 heavy (non-hydrogen) atoms. The van der Waals surface area contributed by atoms with Gasteiger partial charge in [-0.15, -0.1) is 10.2 Å². The zero-order chi connectivity index (χ0) is 16.9. The highest BCUT2D eigenvalue weighted by molar-refractivity contribution is 5.93. The lowest BCUT2D eigenvalue weighted by Crippen LogP contribution is -2.44. The molecule has 7 nitrogen and oxygen atoms in total. The van der Waals surface area contributed by atoms with Crippen LogP contribution in [0.5, 0.6) is 5.88 Å². The van der Waals surface area contributed by atoms with E-state index in [1.54, 1.807) is 37.3 Å². The summed E-state index contributed by atoms with van der Waals surface area (Å²) in [7, 11) is 1.45. The first-order chi connectivity index (χ1) is 11.0. The number of hydrogen-bond acceptors (Lipinski definition) is 5. The molecule has 0 saturated heterocycles. The molecule has 0 aliphatic carbocycles. The second-order valence-electron chi connectivity index (χ2n) is 5.15. The first-order valence-corrected chi connectivity index (χ1v) is 6.92. The van der Waals surface area contributed by atoms with Gasteiger partial charge in [0.15, 0.2) is 5.69 Å². The van der Waals surface area contributed by atoms with Crippen molar-refractivity contribution in [1.82, 2.24) is 15.5 Å². The van der Waals surface area contributed by atoms with Crippen LogP contribution in [-0.4, -0.2) is 40.8 Å². The molecule has 1 atom stereocenters. The molecule has 120 valence electrons. The minimum Gasteiger partial charge on any atom is -0.481 e. The van der Waals surface area contributed by atoms with Crippen LogP contribution >= 0.6 is 0 Å². The van der Waals surface area contributed by atoms with Crippen LogP contribution in [0, 0.1) is 0 Å². The summed E-state index contributed by atoms with van der Waals surface area (Å²) in [5.41, 5.74) is -0.545.